The summed E-state index contributed by atoms with van der Waals surface area (Å²) < 4.78 is 36.8. The van der Waals surface area contributed by atoms with E-state index >= 15 is 0 Å². The highest BCUT2D eigenvalue weighted by atomic mass is 32.2. The van der Waals surface area contributed by atoms with Crippen molar-refractivity contribution >= 4 is 10.0 Å². The van der Waals surface area contributed by atoms with Crippen LogP contribution in [0.2, 0.25) is 0 Å². The fraction of sp³-hybridized carbons (Fsp3) is 0.333. The number of hydrogen-bond acceptors (Lipinski definition) is 4. The molecule has 2 aromatic rings. The molecule has 0 atom stereocenters. The maximum absolute atomic E-state index is 12.6. The van der Waals surface area contributed by atoms with E-state index in [1.165, 1.54) is 4.31 Å². The molecule has 0 unspecified atom stereocenters. The first-order chi connectivity index (χ1) is 9.95. The minimum absolute atomic E-state index is 0.297. The summed E-state index contributed by atoms with van der Waals surface area (Å²) in [6.45, 7) is 2.12. The molecule has 0 saturated heterocycles. The second-order valence-corrected chi connectivity index (χ2v) is 6.80. The van der Waals surface area contributed by atoms with Gasteiger partial charge in [-0.2, -0.15) is 0 Å². The van der Waals surface area contributed by atoms with Crippen LogP contribution in [0.1, 0.15) is 11.3 Å². The van der Waals surface area contributed by atoms with Crippen LogP contribution in [0.3, 0.4) is 0 Å². The lowest BCUT2D eigenvalue weighted by atomic mass is 10.2. The zero-order valence-electron chi connectivity index (χ0n) is 12.4. The molecule has 21 heavy (non-hydrogen) atoms. The highest BCUT2D eigenvalue weighted by Gasteiger charge is 2.23. The highest BCUT2D eigenvalue weighted by Crippen LogP contribution is 2.23. The van der Waals surface area contributed by atoms with Crippen molar-refractivity contribution in [2.24, 2.45) is 0 Å². The molecule has 0 spiro atoms. The first-order valence-corrected chi connectivity index (χ1v) is 8.02. The number of methoxy groups -OCH3 is 1. The van der Waals surface area contributed by atoms with Crippen LogP contribution in [-0.4, -0.2) is 33.4 Å². The van der Waals surface area contributed by atoms with Crippen molar-refractivity contribution in [2.45, 2.75) is 18.2 Å². The van der Waals surface area contributed by atoms with Crippen LogP contribution < -0.4 is 4.74 Å². The summed E-state index contributed by atoms with van der Waals surface area (Å²) >= 11 is 0. The van der Waals surface area contributed by atoms with Crippen LogP contribution in [0, 0.1) is 6.92 Å². The zero-order chi connectivity index (χ0) is 15.5. The summed E-state index contributed by atoms with van der Waals surface area (Å²) in [6.07, 6.45) is 2.12. The Morgan fingerprint density at radius 1 is 1.29 bits per heavy atom. The molecule has 114 valence electrons. The Morgan fingerprint density at radius 3 is 2.62 bits per heavy atom. The minimum atomic E-state index is -3.51. The molecule has 0 aliphatic heterocycles. The van der Waals surface area contributed by atoms with Gasteiger partial charge in [-0.1, -0.05) is 0 Å². The molecule has 0 fully saturated rings. The number of benzene rings is 1. The summed E-state index contributed by atoms with van der Waals surface area (Å²) in [5.41, 5.74) is 0.666. The molecule has 2 rings (SSSR count). The van der Waals surface area contributed by atoms with E-state index in [0.717, 1.165) is 5.76 Å². The third kappa shape index (κ3) is 3.46. The Labute approximate surface area is 125 Å². The average Bonchev–Trinajstić information content (AvgIpc) is 2.97. The summed E-state index contributed by atoms with van der Waals surface area (Å²) in [6, 6.07) is 8.57. The fourth-order valence-electron chi connectivity index (χ4n) is 2.05. The number of hydrogen-bond donors (Lipinski definition) is 0. The van der Waals surface area contributed by atoms with Gasteiger partial charge in [0.25, 0.3) is 0 Å². The van der Waals surface area contributed by atoms with Crippen LogP contribution in [-0.2, 0) is 16.4 Å². The van der Waals surface area contributed by atoms with Gasteiger partial charge in [0.05, 0.1) is 18.3 Å². The third-order valence-corrected chi connectivity index (χ3v) is 5.34. The van der Waals surface area contributed by atoms with E-state index in [9.17, 15) is 8.42 Å². The molecular weight excluding hydrogens is 290 g/mol. The van der Waals surface area contributed by atoms with E-state index in [4.69, 9.17) is 9.15 Å². The maximum Gasteiger partial charge on any atom is 0.243 e. The van der Waals surface area contributed by atoms with E-state index < -0.39 is 10.0 Å². The molecule has 0 aliphatic carbocycles. The standard InChI is InChI=1S/C15H19NO4S/c1-12-11-14(19-3)6-7-15(12)21(17,18)16(2)9-8-13-5-4-10-20-13/h4-7,10-11H,8-9H2,1-3H3. The lowest BCUT2D eigenvalue weighted by molar-refractivity contribution is 0.413. The number of aryl methyl sites for hydroxylation is 1. The second-order valence-electron chi connectivity index (χ2n) is 4.79. The molecule has 6 heteroatoms. The lowest BCUT2D eigenvalue weighted by Crippen LogP contribution is -2.29. The summed E-state index contributed by atoms with van der Waals surface area (Å²) in [4.78, 5) is 0.297. The zero-order valence-corrected chi connectivity index (χ0v) is 13.2. The quantitative estimate of drug-likeness (QED) is 0.822. The smallest absolute Gasteiger partial charge is 0.243 e. The van der Waals surface area contributed by atoms with Crippen molar-refractivity contribution in [1.82, 2.24) is 4.31 Å². The molecule has 1 aromatic heterocycles. The number of ether oxygens (including phenoxy) is 1. The van der Waals surface area contributed by atoms with Gasteiger partial charge in [-0.3, -0.25) is 0 Å². The van der Waals surface area contributed by atoms with Gasteiger partial charge in [-0.25, -0.2) is 12.7 Å². The van der Waals surface area contributed by atoms with Gasteiger partial charge in [0.15, 0.2) is 0 Å². The van der Waals surface area contributed by atoms with Crippen molar-refractivity contribution < 1.29 is 17.6 Å². The predicted octanol–water partition coefficient (Wildman–Crippen LogP) is 2.46. The number of sulfonamides is 1. The molecule has 0 N–H and O–H groups in total. The Bertz CT molecular complexity index is 692. The monoisotopic (exact) mass is 309 g/mol. The first-order valence-electron chi connectivity index (χ1n) is 6.58. The van der Waals surface area contributed by atoms with Crippen molar-refractivity contribution in [3.63, 3.8) is 0 Å². The lowest BCUT2D eigenvalue weighted by Gasteiger charge is -2.18. The summed E-state index contributed by atoms with van der Waals surface area (Å²) in [5.74, 6) is 1.41. The van der Waals surface area contributed by atoms with Crippen molar-refractivity contribution in [3.8, 4) is 5.75 Å². The second kappa shape index (κ2) is 6.32. The van der Waals surface area contributed by atoms with E-state index in [1.54, 1.807) is 51.6 Å². The summed E-state index contributed by atoms with van der Waals surface area (Å²) in [5, 5.41) is 0. The van der Waals surface area contributed by atoms with Crippen LogP contribution in [0.15, 0.2) is 45.9 Å². The van der Waals surface area contributed by atoms with Gasteiger partial charge in [0.1, 0.15) is 11.5 Å². The van der Waals surface area contributed by atoms with Crippen molar-refractivity contribution in [1.29, 1.82) is 0 Å². The Kier molecular flexibility index (Phi) is 4.69. The first kappa shape index (κ1) is 15.6. The Balaban J connectivity index is 2.16. The normalized spacial score (nSPS) is 11.8. The van der Waals surface area contributed by atoms with Crippen LogP contribution >= 0.6 is 0 Å². The molecule has 0 saturated carbocycles. The fourth-order valence-corrected chi connectivity index (χ4v) is 3.42. The van der Waals surface area contributed by atoms with E-state index in [-0.39, 0.29) is 0 Å². The van der Waals surface area contributed by atoms with Crippen molar-refractivity contribution in [3.05, 3.63) is 47.9 Å². The topological polar surface area (TPSA) is 59.8 Å². The number of likely N-dealkylation sites (N-methyl/N-ethyl adjacent to an activating group) is 1. The van der Waals surface area contributed by atoms with Gasteiger partial charge >= 0.3 is 0 Å². The third-order valence-electron chi connectivity index (χ3n) is 3.32. The highest BCUT2D eigenvalue weighted by molar-refractivity contribution is 7.89. The van der Waals surface area contributed by atoms with Crippen LogP contribution in [0.25, 0.3) is 0 Å². The molecular formula is C15H19NO4S. The minimum Gasteiger partial charge on any atom is -0.497 e. The average molecular weight is 309 g/mol. The Hall–Kier alpha value is -1.79. The van der Waals surface area contributed by atoms with E-state index in [0.29, 0.717) is 29.2 Å². The van der Waals surface area contributed by atoms with E-state index in [2.05, 4.69) is 0 Å². The molecule has 0 bridgehead atoms. The Morgan fingerprint density at radius 2 is 2.05 bits per heavy atom. The molecule has 0 amide bonds. The van der Waals surface area contributed by atoms with Gasteiger partial charge in [0, 0.05) is 20.0 Å². The molecule has 0 radical (unpaired) electrons. The number of nitrogens with zero attached hydrogens (tertiary/aromatic N) is 1. The number of furan rings is 1. The number of rotatable bonds is 6. The van der Waals surface area contributed by atoms with Crippen LogP contribution in [0.4, 0.5) is 0 Å². The van der Waals surface area contributed by atoms with E-state index in [1.807, 2.05) is 6.07 Å². The molecule has 1 aromatic carbocycles. The predicted molar refractivity (Wildman–Crippen MR) is 80.0 cm³/mol. The van der Waals surface area contributed by atoms with Gasteiger partial charge in [-0.15, -0.1) is 0 Å². The molecule has 1 heterocycles. The maximum atomic E-state index is 12.6. The largest absolute Gasteiger partial charge is 0.497 e. The molecule has 0 aliphatic rings. The molecule has 5 nitrogen and oxygen atoms in total. The van der Waals surface area contributed by atoms with Crippen molar-refractivity contribution in [2.75, 3.05) is 20.7 Å². The summed E-state index contributed by atoms with van der Waals surface area (Å²) in [7, 11) is -0.386. The van der Waals surface area contributed by atoms with Gasteiger partial charge in [-0.05, 0) is 42.8 Å². The van der Waals surface area contributed by atoms with Gasteiger partial charge < -0.3 is 9.15 Å². The van der Waals surface area contributed by atoms with Crippen LogP contribution in [0.5, 0.6) is 5.75 Å². The SMILES string of the molecule is COc1ccc(S(=O)(=O)N(C)CCc2ccco2)c(C)c1. The van der Waals surface area contributed by atoms with Gasteiger partial charge in [0.2, 0.25) is 10.0 Å².